The van der Waals surface area contributed by atoms with Crippen LogP contribution >= 0.6 is 7.82 Å². The molecule has 0 aliphatic heterocycles. The third kappa shape index (κ3) is 24.6. The second-order valence-corrected chi connectivity index (χ2v) is 18.1. The van der Waals surface area contributed by atoms with Gasteiger partial charge in [0, 0.05) is 6.42 Å². The molecule has 0 aromatic heterocycles. The Morgan fingerprint density at radius 1 is 0.470 bits per heavy atom. The van der Waals surface area contributed by atoms with Crippen LogP contribution in [0.5, 0.6) is 0 Å². The Morgan fingerprint density at radius 2 is 0.894 bits per heavy atom. The second-order valence-electron chi connectivity index (χ2n) is 16.5. The van der Waals surface area contributed by atoms with Gasteiger partial charge in [0.05, 0.1) is 26.4 Å². The summed E-state index contributed by atoms with van der Waals surface area (Å²) in [6.07, 6.45) is 17.0. The molecule has 0 aliphatic rings. The number of benzene rings is 4. The fourth-order valence-electron chi connectivity index (χ4n) is 6.92. The number of ether oxygens (including phenoxy) is 4. The Kier molecular flexibility index (Phi) is 27.4. The van der Waals surface area contributed by atoms with Gasteiger partial charge in [-0.3, -0.25) is 18.4 Å². The largest absolute Gasteiger partial charge is 0.475 e. The van der Waals surface area contributed by atoms with Gasteiger partial charge in [-0.25, -0.2) is 14.2 Å². The van der Waals surface area contributed by atoms with Crippen LogP contribution in [0.2, 0.25) is 0 Å². The lowest BCUT2D eigenvalue weighted by atomic mass is 10.0. The first kappa shape index (κ1) is 53.8. The molecule has 0 aliphatic carbocycles. The molecule has 4 rings (SSSR count). The van der Waals surface area contributed by atoms with Crippen LogP contribution in [0.15, 0.2) is 121 Å². The molecular weight excluding hydrogens is 858 g/mol. The van der Waals surface area contributed by atoms with Gasteiger partial charge in [-0.2, -0.15) is 0 Å². The normalized spacial score (nSPS) is 13.0. The maximum Gasteiger partial charge on any atom is 0.475 e. The molecule has 360 valence electrons. The van der Waals surface area contributed by atoms with Crippen molar-refractivity contribution >= 4 is 25.9 Å². The standard InChI is InChI=1S/C53H72NO11P/c1-2-3-4-5-6-7-8-9-10-11-12-13-14-15-28-37-51(55)60-42-49(59-38-45-29-20-16-21-30-45)43-64-66(58,63-41-48-35-26-19-27-36-48)65-44-50(52(56)61-39-46-31-22-17-23-32-46)54-53(57)62-40-47-33-24-18-25-34-47/h16-27,29-36,49-50H,2-15,28,37-44H2,1H3,(H,54,57)/t49-,50+,66?/m1/s1. The molecule has 66 heavy (non-hydrogen) atoms. The first-order valence-corrected chi connectivity index (χ1v) is 25.3. The number of esters is 2. The van der Waals surface area contributed by atoms with E-state index < -0.39 is 38.6 Å². The van der Waals surface area contributed by atoms with E-state index in [1.807, 2.05) is 60.7 Å². The molecule has 0 radical (unpaired) electrons. The molecule has 0 spiro atoms. The SMILES string of the molecule is CCCCCCCCCCCCCCCCCC(=O)OC[C@H](COP(=O)(OCc1ccccc1)OC[C@H](NC(=O)OCc1ccccc1)C(=O)OCc1ccccc1)OCc1ccccc1. The minimum absolute atomic E-state index is 0.0600. The van der Waals surface area contributed by atoms with Gasteiger partial charge in [-0.05, 0) is 28.7 Å². The Bertz CT molecular complexity index is 1920. The molecule has 13 heteroatoms. The number of unbranched alkanes of at least 4 members (excludes halogenated alkanes) is 14. The molecule has 0 bridgehead atoms. The van der Waals surface area contributed by atoms with Crippen LogP contribution < -0.4 is 5.32 Å². The number of carbonyl (C=O) groups excluding carboxylic acids is 3. The van der Waals surface area contributed by atoms with Gasteiger partial charge in [-0.15, -0.1) is 0 Å². The fourth-order valence-corrected chi connectivity index (χ4v) is 8.13. The molecular formula is C53H72NO11P. The quantitative estimate of drug-likeness (QED) is 0.0201. The summed E-state index contributed by atoms with van der Waals surface area (Å²) < 4.78 is 54.7. The molecule has 0 saturated carbocycles. The number of hydrogen-bond donors (Lipinski definition) is 1. The van der Waals surface area contributed by atoms with E-state index in [0.717, 1.165) is 42.4 Å². The van der Waals surface area contributed by atoms with E-state index in [4.69, 9.17) is 32.5 Å². The van der Waals surface area contributed by atoms with Crippen molar-refractivity contribution in [3.63, 3.8) is 0 Å². The van der Waals surface area contributed by atoms with Crippen molar-refractivity contribution in [2.45, 2.75) is 148 Å². The van der Waals surface area contributed by atoms with Gasteiger partial charge in [0.25, 0.3) is 0 Å². The number of carbonyl (C=O) groups is 3. The lowest BCUT2D eigenvalue weighted by Crippen LogP contribution is -2.45. The molecule has 1 N–H and O–H groups in total. The van der Waals surface area contributed by atoms with Crippen molar-refractivity contribution in [2.24, 2.45) is 0 Å². The van der Waals surface area contributed by atoms with E-state index in [-0.39, 0.29) is 52.0 Å². The third-order valence-electron chi connectivity index (χ3n) is 10.8. The Morgan fingerprint density at radius 3 is 1.39 bits per heavy atom. The van der Waals surface area contributed by atoms with Crippen molar-refractivity contribution in [1.29, 1.82) is 0 Å². The van der Waals surface area contributed by atoms with Crippen LogP contribution in [0.1, 0.15) is 132 Å². The predicted molar refractivity (Wildman–Crippen MR) is 256 cm³/mol. The molecule has 1 amide bonds. The average Bonchev–Trinajstić information content (AvgIpc) is 3.35. The lowest BCUT2D eigenvalue weighted by molar-refractivity contribution is -0.149. The summed E-state index contributed by atoms with van der Waals surface area (Å²) in [5, 5.41) is 2.48. The van der Waals surface area contributed by atoms with Crippen LogP contribution in [0, 0.1) is 0 Å². The van der Waals surface area contributed by atoms with Gasteiger partial charge in [0.15, 0.2) is 6.04 Å². The molecule has 3 atom stereocenters. The highest BCUT2D eigenvalue weighted by molar-refractivity contribution is 7.48. The van der Waals surface area contributed by atoms with Crippen LogP contribution in [-0.4, -0.2) is 50.0 Å². The van der Waals surface area contributed by atoms with Crippen molar-refractivity contribution in [2.75, 3.05) is 19.8 Å². The number of amides is 1. The topological polar surface area (TPSA) is 145 Å². The number of rotatable bonds is 36. The third-order valence-corrected chi connectivity index (χ3v) is 12.2. The summed E-state index contributed by atoms with van der Waals surface area (Å²) in [5.74, 6) is -1.23. The summed E-state index contributed by atoms with van der Waals surface area (Å²) in [6, 6.07) is 35.0. The Hall–Kier alpha value is -4.84. The molecule has 4 aromatic carbocycles. The van der Waals surface area contributed by atoms with Gasteiger partial charge in [0.2, 0.25) is 0 Å². The minimum Gasteiger partial charge on any atom is -0.463 e. The Labute approximate surface area is 393 Å². The zero-order chi connectivity index (χ0) is 46.8. The maximum absolute atomic E-state index is 14.4. The molecule has 1 unspecified atom stereocenters. The molecule has 4 aromatic rings. The van der Waals surface area contributed by atoms with Crippen molar-refractivity contribution < 1.29 is 51.5 Å². The smallest absolute Gasteiger partial charge is 0.463 e. The zero-order valence-electron chi connectivity index (χ0n) is 38.9. The number of alkyl carbamates (subject to hydrolysis) is 1. The summed E-state index contributed by atoms with van der Waals surface area (Å²) in [5.41, 5.74) is 3.00. The van der Waals surface area contributed by atoms with E-state index in [2.05, 4.69) is 12.2 Å². The van der Waals surface area contributed by atoms with E-state index in [1.165, 1.54) is 70.6 Å². The van der Waals surface area contributed by atoms with E-state index in [9.17, 15) is 18.9 Å². The molecule has 0 saturated heterocycles. The highest BCUT2D eigenvalue weighted by Crippen LogP contribution is 2.50. The minimum atomic E-state index is -4.53. The van der Waals surface area contributed by atoms with Gasteiger partial charge >= 0.3 is 25.9 Å². The van der Waals surface area contributed by atoms with Gasteiger partial charge in [-0.1, -0.05) is 218 Å². The number of phosphoric ester groups is 1. The van der Waals surface area contributed by atoms with Crippen molar-refractivity contribution in [3.8, 4) is 0 Å². The van der Waals surface area contributed by atoms with E-state index in [0.29, 0.717) is 5.56 Å². The van der Waals surface area contributed by atoms with Crippen LogP contribution in [0.25, 0.3) is 0 Å². The molecule has 0 fully saturated rings. The van der Waals surface area contributed by atoms with E-state index >= 15 is 0 Å². The number of hydrogen-bond acceptors (Lipinski definition) is 11. The van der Waals surface area contributed by atoms with Crippen molar-refractivity contribution in [3.05, 3.63) is 144 Å². The maximum atomic E-state index is 14.4. The monoisotopic (exact) mass is 929 g/mol. The average molecular weight is 930 g/mol. The summed E-state index contributed by atoms with van der Waals surface area (Å²) in [7, 11) is -4.53. The van der Waals surface area contributed by atoms with Crippen molar-refractivity contribution in [1.82, 2.24) is 5.32 Å². The fraction of sp³-hybridized carbons (Fsp3) is 0.491. The first-order valence-electron chi connectivity index (χ1n) is 23.9. The van der Waals surface area contributed by atoms with Crippen LogP contribution in [0.3, 0.4) is 0 Å². The van der Waals surface area contributed by atoms with Gasteiger partial charge in [0.1, 0.15) is 25.9 Å². The summed E-state index contributed by atoms with van der Waals surface area (Å²) in [6.45, 7) is 0.898. The predicted octanol–water partition coefficient (Wildman–Crippen LogP) is 12.8. The lowest BCUT2D eigenvalue weighted by Gasteiger charge is -2.24. The van der Waals surface area contributed by atoms with E-state index in [1.54, 1.807) is 60.7 Å². The molecule has 0 heterocycles. The van der Waals surface area contributed by atoms with Crippen LogP contribution in [-0.2, 0) is 73.1 Å². The van der Waals surface area contributed by atoms with Gasteiger partial charge < -0.3 is 24.3 Å². The summed E-state index contributed by atoms with van der Waals surface area (Å²) in [4.78, 5) is 39.4. The molecule has 12 nitrogen and oxygen atoms in total. The summed E-state index contributed by atoms with van der Waals surface area (Å²) >= 11 is 0. The number of phosphoric acid groups is 1. The number of nitrogens with one attached hydrogen (secondary N) is 1. The zero-order valence-corrected chi connectivity index (χ0v) is 39.8. The highest BCUT2D eigenvalue weighted by Gasteiger charge is 2.34. The Balaban J connectivity index is 1.32. The highest BCUT2D eigenvalue weighted by atomic mass is 31.2. The first-order chi connectivity index (χ1) is 32.3. The second kappa shape index (κ2) is 33.6. The van der Waals surface area contributed by atoms with Crippen LogP contribution in [0.4, 0.5) is 4.79 Å².